The second kappa shape index (κ2) is 5.26. The number of sulfonamides is 1. The number of benzene rings is 1. The van der Waals surface area contributed by atoms with Crippen LogP contribution in [-0.2, 0) is 10.0 Å². The summed E-state index contributed by atoms with van der Waals surface area (Å²) in [4.78, 5) is -0.142. The van der Waals surface area contributed by atoms with Crippen molar-refractivity contribution >= 4 is 10.0 Å². The van der Waals surface area contributed by atoms with E-state index in [1.54, 1.807) is 19.1 Å². The molecule has 2 N–H and O–H groups in total. The smallest absolute Gasteiger partial charge is 0.246 e. The molecular weight excluding hydrogens is 254 g/mol. The Hall–Kier alpha value is -1.11. The number of hydrogen-bond donors (Lipinski definition) is 2. The summed E-state index contributed by atoms with van der Waals surface area (Å²) in [5.41, 5.74) is -1.13. The van der Waals surface area contributed by atoms with Gasteiger partial charge in [0.05, 0.1) is 5.60 Å². The van der Waals surface area contributed by atoms with Crippen molar-refractivity contribution < 1.29 is 18.6 Å². The normalized spacial score (nSPS) is 12.9. The van der Waals surface area contributed by atoms with E-state index in [9.17, 15) is 18.6 Å². The van der Waals surface area contributed by atoms with E-state index in [-0.39, 0.29) is 23.7 Å². The molecule has 18 heavy (non-hydrogen) atoms. The molecule has 6 heteroatoms. The van der Waals surface area contributed by atoms with Crippen molar-refractivity contribution in [3.63, 3.8) is 0 Å². The lowest BCUT2D eigenvalue weighted by atomic mass is 10.1. The van der Waals surface area contributed by atoms with Crippen molar-refractivity contribution in [3.05, 3.63) is 24.3 Å². The number of rotatable bonds is 5. The molecule has 0 aliphatic heterocycles. The number of aliphatic hydroxyl groups is 1. The average molecular weight is 273 g/mol. The van der Waals surface area contributed by atoms with Crippen LogP contribution < -0.4 is 0 Å². The molecule has 0 saturated carbocycles. The third-order valence-corrected chi connectivity index (χ3v) is 4.37. The molecule has 0 aliphatic carbocycles. The van der Waals surface area contributed by atoms with E-state index in [0.717, 1.165) is 4.31 Å². The standard InChI is InChI=1S/C12H19NO4S/c1-4-13(9-12(2,3)15)18(16,17)11-8-6-5-7-10(11)14/h5-8,14-15H,4,9H2,1-3H3. The molecule has 1 aromatic rings. The van der Waals surface area contributed by atoms with Crippen molar-refractivity contribution in [3.8, 4) is 5.75 Å². The Kier molecular flexibility index (Phi) is 4.37. The predicted octanol–water partition coefficient (Wildman–Crippen LogP) is 1.17. The van der Waals surface area contributed by atoms with Crippen LogP contribution in [-0.4, -0.2) is 41.6 Å². The zero-order valence-electron chi connectivity index (χ0n) is 10.8. The lowest BCUT2D eigenvalue weighted by Crippen LogP contribution is -2.42. The first-order chi connectivity index (χ1) is 8.18. The zero-order chi connectivity index (χ0) is 14.0. The number of hydrogen-bond acceptors (Lipinski definition) is 4. The van der Waals surface area contributed by atoms with E-state index >= 15 is 0 Å². The van der Waals surface area contributed by atoms with Crippen LogP contribution in [0.2, 0.25) is 0 Å². The Morgan fingerprint density at radius 2 is 1.83 bits per heavy atom. The number of likely N-dealkylation sites (N-methyl/N-ethyl adjacent to an activating group) is 1. The van der Waals surface area contributed by atoms with Crippen LogP contribution in [0.1, 0.15) is 20.8 Å². The molecule has 0 spiro atoms. The molecule has 0 aromatic heterocycles. The summed E-state index contributed by atoms with van der Waals surface area (Å²) in [7, 11) is -3.79. The Balaban J connectivity index is 3.16. The first-order valence-electron chi connectivity index (χ1n) is 5.69. The fraction of sp³-hybridized carbons (Fsp3) is 0.500. The first kappa shape index (κ1) is 14.9. The van der Waals surface area contributed by atoms with Crippen LogP contribution >= 0.6 is 0 Å². The van der Waals surface area contributed by atoms with Gasteiger partial charge in [-0.15, -0.1) is 0 Å². The SMILES string of the molecule is CCN(CC(C)(C)O)S(=O)(=O)c1ccccc1O. The van der Waals surface area contributed by atoms with Gasteiger partial charge in [0, 0.05) is 13.1 Å². The number of para-hydroxylation sites is 1. The largest absolute Gasteiger partial charge is 0.507 e. The quantitative estimate of drug-likeness (QED) is 0.844. The zero-order valence-corrected chi connectivity index (χ0v) is 11.6. The topological polar surface area (TPSA) is 77.8 Å². The van der Waals surface area contributed by atoms with Gasteiger partial charge in [0.1, 0.15) is 10.6 Å². The fourth-order valence-electron chi connectivity index (χ4n) is 1.61. The van der Waals surface area contributed by atoms with Crippen LogP contribution in [0.25, 0.3) is 0 Å². The summed E-state index contributed by atoms with van der Waals surface area (Å²) in [6, 6.07) is 5.77. The summed E-state index contributed by atoms with van der Waals surface area (Å²) in [6.45, 7) is 4.95. The molecule has 0 fully saturated rings. The van der Waals surface area contributed by atoms with Gasteiger partial charge in [-0.05, 0) is 26.0 Å². The summed E-state index contributed by atoms with van der Waals surface area (Å²) in [5.74, 6) is -0.285. The van der Waals surface area contributed by atoms with Gasteiger partial charge < -0.3 is 10.2 Å². The molecule has 0 bridgehead atoms. The molecule has 0 aliphatic rings. The van der Waals surface area contributed by atoms with Crippen molar-refractivity contribution in [2.75, 3.05) is 13.1 Å². The van der Waals surface area contributed by atoms with Gasteiger partial charge >= 0.3 is 0 Å². The maximum atomic E-state index is 12.3. The second-order valence-electron chi connectivity index (χ2n) is 4.71. The first-order valence-corrected chi connectivity index (χ1v) is 7.13. The number of phenols is 1. The predicted molar refractivity (Wildman–Crippen MR) is 68.8 cm³/mol. The van der Waals surface area contributed by atoms with E-state index in [1.807, 2.05) is 0 Å². The lowest BCUT2D eigenvalue weighted by Gasteiger charge is -2.27. The highest BCUT2D eigenvalue weighted by molar-refractivity contribution is 7.89. The second-order valence-corrected chi connectivity index (χ2v) is 6.62. The molecule has 0 radical (unpaired) electrons. The summed E-state index contributed by atoms with van der Waals surface area (Å²) in [6.07, 6.45) is 0. The molecule has 0 amide bonds. The molecular formula is C12H19NO4S. The Labute approximate surface area is 108 Å². The fourth-order valence-corrected chi connectivity index (χ4v) is 3.30. The Morgan fingerprint density at radius 3 is 2.28 bits per heavy atom. The summed E-state index contributed by atoms with van der Waals surface area (Å²) < 4.78 is 25.8. The van der Waals surface area contributed by atoms with Crippen molar-refractivity contribution in [2.45, 2.75) is 31.3 Å². The van der Waals surface area contributed by atoms with Crippen LogP contribution in [0.15, 0.2) is 29.2 Å². The highest BCUT2D eigenvalue weighted by atomic mass is 32.2. The minimum atomic E-state index is -3.79. The number of phenolic OH excluding ortho intramolecular Hbond substituents is 1. The summed E-state index contributed by atoms with van der Waals surface area (Å²) in [5, 5.41) is 19.4. The summed E-state index contributed by atoms with van der Waals surface area (Å²) >= 11 is 0. The minimum Gasteiger partial charge on any atom is -0.507 e. The van der Waals surface area contributed by atoms with Crippen LogP contribution in [0.4, 0.5) is 0 Å². The molecule has 0 unspecified atom stereocenters. The van der Waals surface area contributed by atoms with E-state index in [4.69, 9.17) is 0 Å². The Morgan fingerprint density at radius 1 is 1.28 bits per heavy atom. The van der Waals surface area contributed by atoms with Gasteiger partial charge in [0.2, 0.25) is 10.0 Å². The van der Waals surface area contributed by atoms with Gasteiger partial charge in [-0.2, -0.15) is 4.31 Å². The molecule has 0 saturated heterocycles. The monoisotopic (exact) mass is 273 g/mol. The maximum Gasteiger partial charge on any atom is 0.246 e. The van der Waals surface area contributed by atoms with Gasteiger partial charge in [0.25, 0.3) is 0 Å². The Bertz CT molecular complexity index is 505. The molecule has 0 heterocycles. The third kappa shape index (κ3) is 3.44. The lowest BCUT2D eigenvalue weighted by molar-refractivity contribution is 0.0601. The van der Waals surface area contributed by atoms with E-state index in [1.165, 1.54) is 26.0 Å². The third-order valence-electron chi connectivity index (χ3n) is 2.40. The number of aromatic hydroxyl groups is 1. The minimum absolute atomic E-state index is 0.0276. The van der Waals surface area contributed by atoms with Crippen LogP contribution in [0.3, 0.4) is 0 Å². The van der Waals surface area contributed by atoms with Crippen molar-refractivity contribution in [1.82, 2.24) is 4.31 Å². The molecule has 102 valence electrons. The van der Waals surface area contributed by atoms with Gasteiger partial charge in [-0.1, -0.05) is 19.1 Å². The highest BCUT2D eigenvalue weighted by Crippen LogP contribution is 2.25. The van der Waals surface area contributed by atoms with Crippen LogP contribution in [0.5, 0.6) is 5.75 Å². The van der Waals surface area contributed by atoms with E-state index in [0.29, 0.717) is 0 Å². The highest BCUT2D eigenvalue weighted by Gasteiger charge is 2.29. The van der Waals surface area contributed by atoms with Crippen molar-refractivity contribution in [1.29, 1.82) is 0 Å². The van der Waals surface area contributed by atoms with Crippen molar-refractivity contribution in [2.24, 2.45) is 0 Å². The van der Waals surface area contributed by atoms with Crippen LogP contribution in [0, 0.1) is 0 Å². The average Bonchev–Trinajstić information content (AvgIpc) is 2.24. The van der Waals surface area contributed by atoms with E-state index in [2.05, 4.69) is 0 Å². The number of nitrogens with zero attached hydrogens (tertiary/aromatic N) is 1. The van der Waals surface area contributed by atoms with Gasteiger partial charge in [0.15, 0.2) is 0 Å². The molecule has 0 atom stereocenters. The van der Waals surface area contributed by atoms with Gasteiger partial charge in [-0.3, -0.25) is 0 Å². The van der Waals surface area contributed by atoms with Gasteiger partial charge in [-0.25, -0.2) is 8.42 Å². The molecule has 1 rings (SSSR count). The maximum absolute atomic E-state index is 12.3. The molecule has 1 aromatic carbocycles. The van der Waals surface area contributed by atoms with E-state index < -0.39 is 15.6 Å². The molecule has 5 nitrogen and oxygen atoms in total.